The minimum Gasteiger partial charge on any atom is -0.382 e. The lowest BCUT2D eigenvalue weighted by Gasteiger charge is -2.44. The van der Waals surface area contributed by atoms with Crippen molar-refractivity contribution in [3.05, 3.63) is 53.0 Å². The number of nitrogens with zero attached hydrogens (tertiary/aromatic N) is 2. The average molecular weight is 502 g/mol. The standard InChI is InChI=1S/C30H39N5O2/c1-3-8-23-21-15-16-35(28(21)20-9-4-6-11-24(20)33-23)30(37)22-10-5-7-12-25(22)34-29(36)19-13-14-26-27(17-19)32-18(2)31-26/h9,11,13-14,17,21-23,25,28,33H,3-8,10,12,15-16H2,1-2H3,(H,31,32)(H,34,36)/t21-,22+,23+,25-,28+/m1/s1. The van der Waals surface area contributed by atoms with Gasteiger partial charge in [-0.15, -0.1) is 0 Å². The number of aromatic amines is 1. The number of carbonyl (C=O) groups is 2. The highest BCUT2D eigenvalue weighted by molar-refractivity contribution is 5.98. The quantitative estimate of drug-likeness (QED) is 0.551. The maximum absolute atomic E-state index is 14.2. The zero-order valence-electron chi connectivity index (χ0n) is 22.1. The minimum absolute atomic E-state index is 0.108. The second-order valence-electron chi connectivity index (χ2n) is 11.3. The Morgan fingerprint density at radius 2 is 1.97 bits per heavy atom. The molecule has 7 heteroatoms. The molecule has 6 rings (SSSR count). The number of H-pyrrole nitrogens is 1. The van der Waals surface area contributed by atoms with Crippen molar-refractivity contribution in [3.63, 3.8) is 0 Å². The first kappa shape index (κ1) is 24.3. The molecule has 0 unspecified atom stereocenters. The third-order valence-electron chi connectivity index (χ3n) is 8.96. The molecule has 196 valence electrons. The Kier molecular flexibility index (Phi) is 6.55. The highest BCUT2D eigenvalue weighted by Gasteiger charge is 2.49. The van der Waals surface area contributed by atoms with Gasteiger partial charge in [-0.05, 0) is 69.2 Å². The van der Waals surface area contributed by atoms with E-state index in [-0.39, 0.29) is 29.8 Å². The fourth-order valence-electron chi connectivity index (χ4n) is 7.25. The zero-order valence-corrected chi connectivity index (χ0v) is 22.1. The number of hydrogen-bond donors (Lipinski definition) is 3. The van der Waals surface area contributed by atoms with Crippen LogP contribution in [0.1, 0.15) is 80.9 Å². The van der Waals surface area contributed by atoms with Crippen LogP contribution < -0.4 is 10.6 Å². The van der Waals surface area contributed by atoms with Gasteiger partial charge in [-0.1, -0.05) is 38.3 Å². The number of hydrogen-bond acceptors (Lipinski definition) is 4. The first-order chi connectivity index (χ1) is 18.0. The van der Waals surface area contributed by atoms with Crippen molar-refractivity contribution in [2.24, 2.45) is 11.8 Å². The molecule has 0 bridgehead atoms. The highest BCUT2D eigenvalue weighted by atomic mass is 16.2. The number of piperidine rings is 1. The van der Waals surface area contributed by atoms with Gasteiger partial charge in [-0.3, -0.25) is 9.59 Å². The fourth-order valence-corrected chi connectivity index (χ4v) is 7.25. The summed E-state index contributed by atoms with van der Waals surface area (Å²) in [5.41, 5.74) is 4.91. The molecule has 1 aromatic heterocycles. The summed E-state index contributed by atoms with van der Waals surface area (Å²) in [6, 6.07) is 6.04. The van der Waals surface area contributed by atoms with Crippen molar-refractivity contribution in [1.29, 1.82) is 0 Å². The zero-order chi connectivity index (χ0) is 25.5. The Bertz CT molecular complexity index is 1260. The molecule has 3 fully saturated rings. The Morgan fingerprint density at radius 3 is 2.84 bits per heavy atom. The van der Waals surface area contributed by atoms with E-state index in [0.717, 1.165) is 81.2 Å². The molecule has 37 heavy (non-hydrogen) atoms. The summed E-state index contributed by atoms with van der Waals surface area (Å²) in [5.74, 6) is 1.26. The molecule has 0 radical (unpaired) electrons. The number of likely N-dealkylation sites (tertiary alicyclic amines) is 1. The molecule has 2 aliphatic heterocycles. The third-order valence-corrected chi connectivity index (χ3v) is 8.96. The van der Waals surface area contributed by atoms with Crippen molar-refractivity contribution in [3.8, 4) is 0 Å². The van der Waals surface area contributed by atoms with Crippen molar-refractivity contribution in [1.82, 2.24) is 25.5 Å². The van der Waals surface area contributed by atoms with Crippen LogP contribution in [0.3, 0.4) is 0 Å². The van der Waals surface area contributed by atoms with Gasteiger partial charge in [0.25, 0.3) is 5.91 Å². The van der Waals surface area contributed by atoms with Crippen LogP contribution in [0.4, 0.5) is 0 Å². The predicted molar refractivity (Wildman–Crippen MR) is 145 cm³/mol. The van der Waals surface area contributed by atoms with Crippen LogP contribution in [-0.2, 0) is 4.79 Å². The van der Waals surface area contributed by atoms with Crippen LogP contribution in [0.2, 0.25) is 0 Å². The molecule has 3 N–H and O–H groups in total. The number of rotatable bonds is 5. The molecule has 2 saturated heterocycles. The molecule has 0 spiro atoms. The number of imidazole rings is 1. The number of aromatic nitrogens is 2. The third kappa shape index (κ3) is 4.47. The predicted octanol–water partition coefficient (Wildman–Crippen LogP) is 4.75. The fraction of sp³-hybridized carbons (Fsp3) is 0.567. The number of allylic oxidation sites excluding steroid dienone is 2. The van der Waals surface area contributed by atoms with Crippen LogP contribution >= 0.6 is 0 Å². The molecular weight excluding hydrogens is 462 g/mol. The van der Waals surface area contributed by atoms with Crippen LogP contribution in [0.15, 0.2) is 41.6 Å². The first-order valence-electron chi connectivity index (χ1n) is 14.3. The van der Waals surface area contributed by atoms with Gasteiger partial charge in [-0.2, -0.15) is 0 Å². The molecule has 2 aromatic rings. The molecule has 5 atom stereocenters. The SMILES string of the molecule is CCC[C@@H]1NC2=CCCC=C2[C@H]2[C@@H]1CCN2C(=O)[C@H]1CCCC[C@H]1NC(=O)c1ccc2nc(C)[nH]c2c1. The summed E-state index contributed by atoms with van der Waals surface area (Å²) >= 11 is 0. The van der Waals surface area contributed by atoms with E-state index in [2.05, 4.69) is 44.6 Å². The summed E-state index contributed by atoms with van der Waals surface area (Å²) in [7, 11) is 0. The van der Waals surface area contributed by atoms with Crippen LogP contribution in [0.5, 0.6) is 0 Å². The normalized spacial score (nSPS) is 29.1. The first-order valence-corrected chi connectivity index (χ1v) is 14.3. The second-order valence-corrected chi connectivity index (χ2v) is 11.3. The lowest BCUT2D eigenvalue weighted by atomic mass is 9.77. The van der Waals surface area contributed by atoms with Crippen molar-refractivity contribution >= 4 is 22.8 Å². The maximum atomic E-state index is 14.2. The van der Waals surface area contributed by atoms with Crippen LogP contribution in [0, 0.1) is 18.8 Å². The molecule has 3 heterocycles. The van der Waals surface area contributed by atoms with Crippen molar-refractivity contribution in [2.45, 2.75) is 89.8 Å². The van der Waals surface area contributed by atoms with Gasteiger partial charge in [-0.25, -0.2) is 4.98 Å². The Morgan fingerprint density at radius 1 is 1.14 bits per heavy atom. The summed E-state index contributed by atoms with van der Waals surface area (Å²) < 4.78 is 0. The number of fused-ring (bicyclic) bond motifs is 4. The minimum atomic E-state index is -0.161. The molecule has 4 aliphatic rings. The smallest absolute Gasteiger partial charge is 0.251 e. The van der Waals surface area contributed by atoms with Crippen molar-refractivity contribution < 1.29 is 9.59 Å². The van der Waals surface area contributed by atoms with Gasteiger partial charge in [0.05, 0.1) is 23.0 Å². The van der Waals surface area contributed by atoms with Gasteiger partial charge in [0.15, 0.2) is 0 Å². The van der Waals surface area contributed by atoms with E-state index in [1.807, 2.05) is 25.1 Å². The van der Waals surface area contributed by atoms with Crippen molar-refractivity contribution in [2.75, 3.05) is 6.54 Å². The molecule has 1 aromatic carbocycles. The Labute approximate surface area is 219 Å². The average Bonchev–Trinajstić information content (AvgIpc) is 3.52. The molecule has 2 amide bonds. The van der Waals surface area contributed by atoms with E-state index in [1.54, 1.807) is 0 Å². The molecule has 2 aliphatic carbocycles. The lowest BCUT2D eigenvalue weighted by molar-refractivity contribution is -0.138. The van der Waals surface area contributed by atoms with E-state index >= 15 is 0 Å². The van der Waals surface area contributed by atoms with E-state index < -0.39 is 0 Å². The van der Waals surface area contributed by atoms with Crippen LogP contribution in [-0.4, -0.2) is 51.4 Å². The number of nitrogens with one attached hydrogen (secondary N) is 3. The van der Waals surface area contributed by atoms with Crippen LogP contribution in [0.25, 0.3) is 11.0 Å². The van der Waals surface area contributed by atoms with E-state index in [9.17, 15) is 9.59 Å². The summed E-state index contributed by atoms with van der Waals surface area (Å²) in [6.45, 7) is 4.97. The molecule has 7 nitrogen and oxygen atoms in total. The monoisotopic (exact) mass is 501 g/mol. The highest BCUT2D eigenvalue weighted by Crippen LogP contribution is 2.43. The summed E-state index contributed by atoms with van der Waals surface area (Å²) in [5, 5.41) is 7.08. The summed E-state index contributed by atoms with van der Waals surface area (Å²) in [4.78, 5) is 37.3. The number of aryl methyl sites for hydroxylation is 1. The van der Waals surface area contributed by atoms with E-state index in [0.29, 0.717) is 17.5 Å². The largest absolute Gasteiger partial charge is 0.382 e. The van der Waals surface area contributed by atoms with E-state index in [1.165, 1.54) is 11.3 Å². The topological polar surface area (TPSA) is 90.1 Å². The second kappa shape index (κ2) is 9.99. The van der Waals surface area contributed by atoms with Gasteiger partial charge in [0, 0.05) is 35.8 Å². The van der Waals surface area contributed by atoms with Gasteiger partial charge >= 0.3 is 0 Å². The summed E-state index contributed by atoms with van der Waals surface area (Å²) in [6.07, 6.45) is 13.9. The molecular formula is C30H39N5O2. The number of carbonyl (C=O) groups excluding carboxylic acids is 2. The lowest BCUT2D eigenvalue weighted by Crippen LogP contribution is -2.55. The van der Waals surface area contributed by atoms with Gasteiger partial charge in [0.2, 0.25) is 5.91 Å². The van der Waals surface area contributed by atoms with Gasteiger partial charge < -0.3 is 20.5 Å². The van der Waals surface area contributed by atoms with E-state index in [4.69, 9.17) is 0 Å². The number of benzene rings is 1. The Balaban J connectivity index is 1.22. The van der Waals surface area contributed by atoms with Gasteiger partial charge in [0.1, 0.15) is 5.82 Å². The molecule has 1 saturated carbocycles. The number of amides is 2. The maximum Gasteiger partial charge on any atom is 0.251 e. The Hall–Kier alpha value is -3.09.